The lowest BCUT2D eigenvalue weighted by molar-refractivity contribution is 0.252. The van der Waals surface area contributed by atoms with Gasteiger partial charge < -0.3 is 4.90 Å². The molecule has 4 rings (SSSR count). The van der Waals surface area contributed by atoms with Crippen LogP contribution in [0.15, 0.2) is 47.8 Å². The average Bonchev–Trinajstić information content (AvgIpc) is 3.21. The van der Waals surface area contributed by atoms with E-state index in [0.29, 0.717) is 5.92 Å². The van der Waals surface area contributed by atoms with Crippen LogP contribution in [0.2, 0.25) is 0 Å². The van der Waals surface area contributed by atoms with Gasteiger partial charge in [0.2, 0.25) is 0 Å². The normalized spacial score (nSPS) is 16.0. The maximum Gasteiger partial charge on any atom is 0.126 e. The smallest absolute Gasteiger partial charge is 0.126 e. The quantitative estimate of drug-likeness (QED) is 0.499. The number of hydrogen-bond donors (Lipinski definition) is 0. The molecule has 5 heteroatoms. The van der Waals surface area contributed by atoms with Gasteiger partial charge in [0.1, 0.15) is 5.82 Å². The predicted molar refractivity (Wildman–Crippen MR) is 131 cm³/mol. The molecular formula is C26H34N4S. The Morgan fingerprint density at radius 2 is 1.74 bits per heavy atom. The molecule has 0 saturated carbocycles. The Labute approximate surface area is 191 Å². The third-order valence-corrected chi connectivity index (χ3v) is 6.97. The molecule has 1 aliphatic rings. The second-order valence-corrected chi connectivity index (χ2v) is 9.83. The number of hydrogen-bond acceptors (Lipinski definition) is 5. The van der Waals surface area contributed by atoms with Gasteiger partial charge in [-0.05, 0) is 61.0 Å². The molecule has 0 N–H and O–H groups in total. The van der Waals surface area contributed by atoms with Crippen molar-refractivity contribution in [3.63, 3.8) is 0 Å². The fourth-order valence-corrected chi connectivity index (χ4v) is 4.94. The summed E-state index contributed by atoms with van der Waals surface area (Å²) in [4.78, 5) is 15.8. The highest BCUT2D eigenvalue weighted by atomic mass is 32.1. The first-order valence-electron chi connectivity index (χ1n) is 11.5. The first-order valence-corrected chi connectivity index (χ1v) is 12.4. The van der Waals surface area contributed by atoms with Gasteiger partial charge in [-0.2, -0.15) is 0 Å². The van der Waals surface area contributed by atoms with Crippen molar-refractivity contribution in [1.29, 1.82) is 0 Å². The van der Waals surface area contributed by atoms with Gasteiger partial charge in [-0.3, -0.25) is 4.90 Å². The number of rotatable bonds is 7. The van der Waals surface area contributed by atoms with Crippen LogP contribution in [0.4, 0.5) is 0 Å². The van der Waals surface area contributed by atoms with Crippen molar-refractivity contribution < 1.29 is 0 Å². The second kappa shape index (κ2) is 10.5. The van der Waals surface area contributed by atoms with Crippen molar-refractivity contribution in [3.05, 3.63) is 70.5 Å². The molecule has 31 heavy (non-hydrogen) atoms. The molecule has 0 atom stereocenters. The van der Waals surface area contributed by atoms with Gasteiger partial charge in [-0.15, -0.1) is 11.3 Å². The first-order chi connectivity index (χ1) is 15.1. The molecule has 0 unspecified atom stereocenters. The molecule has 0 amide bonds. The Morgan fingerprint density at radius 3 is 2.48 bits per heavy atom. The number of benzene rings is 1. The third kappa shape index (κ3) is 6.22. The Bertz CT molecular complexity index is 950. The van der Waals surface area contributed by atoms with E-state index >= 15 is 0 Å². The Hall–Kier alpha value is -2.08. The highest BCUT2D eigenvalue weighted by Gasteiger charge is 2.16. The van der Waals surface area contributed by atoms with Crippen molar-refractivity contribution in [3.8, 4) is 10.6 Å². The molecule has 0 radical (unpaired) electrons. The van der Waals surface area contributed by atoms with Crippen LogP contribution < -0.4 is 0 Å². The van der Waals surface area contributed by atoms with Crippen molar-refractivity contribution >= 4 is 11.3 Å². The zero-order chi connectivity index (χ0) is 21.6. The van der Waals surface area contributed by atoms with Gasteiger partial charge in [-0.25, -0.2) is 9.97 Å². The highest BCUT2D eigenvalue weighted by Crippen LogP contribution is 2.23. The van der Waals surface area contributed by atoms with E-state index in [9.17, 15) is 0 Å². The van der Waals surface area contributed by atoms with E-state index in [-0.39, 0.29) is 0 Å². The van der Waals surface area contributed by atoms with Crippen LogP contribution in [0.25, 0.3) is 10.6 Å². The second-order valence-electron chi connectivity index (χ2n) is 8.89. The largest absolute Gasteiger partial charge is 0.302 e. The molecule has 1 saturated heterocycles. The highest BCUT2D eigenvalue weighted by molar-refractivity contribution is 7.13. The lowest BCUT2D eigenvalue weighted by Crippen LogP contribution is -2.32. The van der Waals surface area contributed by atoms with Crippen LogP contribution in [0.3, 0.4) is 0 Å². The summed E-state index contributed by atoms with van der Waals surface area (Å²) in [5, 5.41) is 2.11. The maximum atomic E-state index is 4.70. The van der Waals surface area contributed by atoms with Gasteiger partial charge in [0.05, 0.1) is 10.6 Å². The Kier molecular flexibility index (Phi) is 7.49. The Morgan fingerprint density at radius 1 is 0.968 bits per heavy atom. The molecule has 1 fully saturated rings. The zero-order valence-electron chi connectivity index (χ0n) is 19.1. The van der Waals surface area contributed by atoms with E-state index in [1.807, 2.05) is 6.92 Å². The van der Waals surface area contributed by atoms with Crippen LogP contribution in [-0.2, 0) is 13.0 Å². The molecule has 3 aromatic rings. The van der Waals surface area contributed by atoms with Gasteiger partial charge in [0.15, 0.2) is 0 Å². The maximum absolute atomic E-state index is 4.70. The van der Waals surface area contributed by atoms with E-state index in [1.54, 1.807) is 11.3 Å². The van der Waals surface area contributed by atoms with E-state index in [0.717, 1.165) is 49.8 Å². The molecule has 4 nitrogen and oxygen atoms in total. The summed E-state index contributed by atoms with van der Waals surface area (Å²) in [5.41, 5.74) is 5.06. The van der Waals surface area contributed by atoms with Crippen LogP contribution >= 0.6 is 11.3 Å². The van der Waals surface area contributed by atoms with Gasteiger partial charge in [-0.1, -0.05) is 44.2 Å². The van der Waals surface area contributed by atoms with Crippen molar-refractivity contribution in [1.82, 2.24) is 19.8 Å². The van der Waals surface area contributed by atoms with Crippen molar-refractivity contribution in [2.75, 3.05) is 32.7 Å². The molecule has 1 aliphatic heterocycles. The molecule has 2 aromatic heterocycles. The summed E-state index contributed by atoms with van der Waals surface area (Å²) in [6.45, 7) is 13.2. The lowest BCUT2D eigenvalue weighted by atomic mass is 10.0. The molecule has 0 aliphatic carbocycles. The van der Waals surface area contributed by atoms with Crippen LogP contribution in [0.1, 0.15) is 48.8 Å². The fraction of sp³-hybridized carbons (Fsp3) is 0.462. The van der Waals surface area contributed by atoms with Crippen molar-refractivity contribution in [2.45, 2.75) is 46.1 Å². The SMILES string of the molecule is Cc1nc(CCN2CCCN(Cc3ccc(C(C)C)cc3)CC2)cc(-c2cccs2)n1. The topological polar surface area (TPSA) is 32.3 Å². The molecular weight excluding hydrogens is 400 g/mol. The number of nitrogens with zero attached hydrogens (tertiary/aromatic N) is 4. The summed E-state index contributed by atoms with van der Waals surface area (Å²) in [6, 6.07) is 15.6. The molecule has 0 spiro atoms. The summed E-state index contributed by atoms with van der Waals surface area (Å²) in [5.74, 6) is 1.47. The predicted octanol–water partition coefficient (Wildman–Crippen LogP) is 5.39. The van der Waals surface area contributed by atoms with Crippen molar-refractivity contribution in [2.24, 2.45) is 0 Å². The minimum atomic E-state index is 0.598. The number of aryl methyl sites for hydroxylation is 1. The average molecular weight is 435 g/mol. The summed E-state index contributed by atoms with van der Waals surface area (Å²) in [7, 11) is 0. The first kappa shape index (κ1) is 22.1. The van der Waals surface area contributed by atoms with E-state index in [1.165, 1.54) is 35.5 Å². The zero-order valence-corrected chi connectivity index (χ0v) is 19.9. The van der Waals surface area contributed by atoms with Gasteiger partial charge >= 0.3 is 0 Å². The molecule has 0 bridgehead atoms. The van der Waals surface area contributed by atoms with E-state index in [2.05, 4.69) is 76.5 Å². The Balaban J connectivity index is 1.29. The standard InChI is InChI=1S/C26H34N4S/c1-20(2)23-9-7-22(8-10-23)19-30-13-5-12-29(15-16-30)14-11-24-18-25(28-21(3)27-24)26-6-4-17-31-26/h4,6-10,17-18,20H,5,11-16,19H2,1-3H3. The minimum absolute atomic E-state index is 0.598. The summed E-state index contributed by atoms with van der Waals surface area (Å²) >= 11 is 1.74. The van der Waals surface area contributed by atoms with Crippen LogP contribution in [0.5, 0.6) is 0 Å². The summed E-state index contributed by atoms with van der Waals surface area (Å²) < 4.78 is 0. The molecule has 164 valence electrons. The van der Waals surface area contributed by atoms with Crippen LogP contribution in [0, 0.1) is 6.92 Å². The van der Waals surface area contributed by atoms with E-state index < -0.39 is 0 Å². The minimum Gasteiger partial charge on any atom is -0.302 e. The van der Waals surface area contributed by atoms with Gasteiger partial charge in [0, 0.05) is 38.3 Å². The fourth-order valence-electron chi connectivity index (χ4n) is 4.25. The van der Waals surface area contributed by atoms with Gasteiger partial charge in [0.25, 0.3) is 0 Å². The third-order valence-electron chi connectivity index (χ3n) is 6.08. The lowest BCUT2D eigenvalue weighted by Gasteiger charge is -2.22. The van der Waals surface area contributed by atoms with E-state index in [4.69, 9.17) is 4.98 Å². The summed E-state index contributed by atoms with van der Waals surface area (Å²) in [6.07, 6.45) is 2.21. The molecule has 3 heterocycles. The monoisotopic (exact) mass is 434 g/mol. The number of aromatic nitrogens is 2. The van der Waals surface area contributed by atoms with Crippen LogP contribution in [-0.4, -0.2) is 52.5 Å². The molecule has 1 aromatic carbocycles. The number of thiophene rings is 1.